The molecule has 0 spiro atoms. The van der Waals surface area contributed by atoms with Gasteiger partial charge in [-0.2, -0.15) is 8.78 Å². The zero-order valence-corrected chi connectivity index (χ0v) is 13.9. The zero-order valence-electron chi connectivity index (χ0n) is 13.9. The molecular weight excluding hydrogens is 348 g/mol. The topological polar surface area (TPSA) is 73.9 Å². The maximum absolute atomic E-state index is 12.3. The summed E-state index contributed by atoms with van der Waals surface area (Å²) in [5, 5.41) is 2.34. The molecule has 0 saturated heterocycles. The van der Waals surface area contributed by atoms with E-state index in [2.05, 4.69) is 10.1 Å². The van der Waals surface area contributed by atoms with Gasteiger partial charge in [-0.25, -0.2) is 4.79 Å². The molecule has 0 unspecified atom stereocenters. The van der Waals surface area contributed by atoms with E-state index in [1.165, 1.54) is 31.2 Å². The van der Waals surface area contributed by atoms with Gasteiger partial charge in [-0.15, -0.1) is 0 Å². The summed E-state index contributed by atoms with van der Waals surface area (Å²) in [7, 11) is 0. The van der Waals surface area contributed by atoms with Crippen LogP contribution in [0.2, 0.25) is 0 Å². The summed E-state index contributed by atoms with van der Waals surface area (Å²) < 4.78 is 39.2. The summed E-state index contributed by atoms with van der Waals surface area (Å²) in [6.07, 6.45) is -0.917. The highest BCUT2D eigenvalue weighted by Gasteiger charge is 2.18. The fraction of sp³-hybridized carbons (Fsp3) is 0.222. The van der Waals surface area contributed by atoms with E-state index in [1.807, 2.05) is 0 Å². The molecule has 26 heavy (non-hydrogen) atoms. The van der Waals surface area contributed by atoms with Crippen molar-refractivity contribution in [1.29, 1.82) is 0 Å². The lowest BCUT2D eigenvalue weighted by atomic mass is 10.3. The molecule has 0 saturated carbocycles. The third kappa shape index (κ3) is 6.04. The molecule has 0 aliphatic carbocycles. The van der Waals surface area contributed by atoms with Crippen LogP contribution in [-0.4, -0.2) is 31.2 Å². The van der Waals surface area contributed by atoms with Gasteiger partial charge in [0.15, 0.2) is 12.7 Å². The van der Waals surface area contributed by atoms with Crippen molar-refractivity contribution in [1.82, 2.24) is 0 Å². The molecule has 0 heterocycles. The van der Waals surface area contributed by atoms with Crippen molar-refractivity contribution in [3.05, 3.63) is 54.6 Å². The van der Waals surface area contributed by atoms with E-state index in [9.17, 15) is 18.4 Å². The third-order valence-electron chi connectivity index (χ3n) is 3.11. The van der Waals surface area contributed by atoms with Crippen LogP contribution in [0.5, 0.6) is 11.5 Å². The average Bonchev–Trinajstić information content (AvgIpc) is 2.61. The number of hydrogen-bond acceptors (Lipinski definition) is 5. The van der Waals surface area contributed by atoms with Crippen LogP contribution in [0.4, 0.5) is 14.5 Å². The van der Waals surface area contributed by atoms with Crippen LogP contribution in [0.1, 0.15) is 6.92 Å². The predicted octanol–water partition coefficient (Wildman–Crippen LogP) is 3.24. The van der Waals surface area contributed by atoms with Gasteiger partial charge >= 0.3 is 12.6 Å². The number of nitrogens with one attached hydrogen (secondary N) is 1. The van der Waals surface area contributed by atoms with E-state index in [0.29, 0.717) is 5.75 Å². The molecule has 1 amide bonds. The van der Waals surface area contributed by atoms with Crippen molar-refractivity contribution in [2.24, 2.45) is 0 Å². The van der Waals surface area contributed by atoms with Gasteiger partial charge in [0.05, 0.1) is 5.69 Å². The standard InChI is InChI=1S/C18H17F2NO5/c1-12(25-13-7-3-2-4-8-13)17(23)24-11-16(22)21-14-9-5-6-10-15(14)26-18(19)20/h2-10,12,18H,11H2,1H3,(H,21,22)/t12-/m0/s1. The molecule has 6 nitrogen and oxygen atoms in total. The lowest BCUT2D eigenvalue weighted by Gasteiger charge is -2.14. The Hall–Kier alpha value is -3.16. The Morgan fingerprint density at radius 1 is 1.00 bits per heavy atom. The summed E-state index contributed by atoms with van der Waals surface area (Å²) in [5.41, 5.74) is 0.0439. The molecule has 0 fully saturated rings. The first-order valence-electron chi connectivity index (χ1n) is 7.67. The summed E-state index contributed by atoms with van der Waals surface area (Å²) in [5.74, 6) is -1.14. The minimum absolute atomic E-state index is 0.0439. The van der Waals surface area contributed by atoms with Crippen molar-refractivity contribution in [2.75, 3.05) is 11.9 Å². The SMILES string of the molecule is C[C@H](Oc1ccccc1)C(=O)OCC(=O)Nc1ccccc1OC(F)F. The van der Waals surface area contributed by atoms with Crippen LogP contribution in [-0.2, 0) is 14.3 Å². The molecule has 1 atom stereocenters. The van der Waals surface area contributed by atoms with Crippen LogP contribution in [0.15, 0.2) is 54.6 Å². The Morgan fingerprint density at radius 2 is 1.65 bits per heavy atom. The Balaban J connectivity index is 1.84. The van der Waals surface area contributed by atoms with Crippen LogP contribution in [0, 0.1) is 0 Å². The number of halogens is 2. The number of hydrogen-bond donors (Lipinski definition) is 1. The highest BCUT2D eigenvalue weighted by Crippen LogP contribution is 2.25. The second kappa shape index (κ2) is 9.36. The Bertz CT molecular complexity index is 739. The minimum atomic E-state index is -3.03. The summed E-state index contributed by atoms with van der Waals surface area (Å²) in [6, 6.07) is 14.3. The van der Waals surface area contributed by atoms with E-state index < -0.39 is 31.2 Å². The molecule has 0 aliphatic rings. The normalized spacial score (nSPS) is 11.5. The van der Waals surface area contributed by atoms with Crippen LogP contribution < -0.4 is 14.8 Å². The molecule has 0 bridgehead atoms. The first-order chi connectivity index (χ1) is 12.5. The van der Waals surface area contributed by atoms with Gasteiger partial charge in [-0.3, -0.25) is 4.79 Å². The summed E-state index contributed by atoms with van der Waals surface area (Å²) >= 11 is 0. The Labute approximate surface area is 148 Å². The molecule has 138 valence electrons. The van der Waals surface area contributed by atoms with Gasteiger partial charge in [-0.1, -0.05) is 30.3 Å². The highest BCUT2D eigenvalue weighted by molar-refractivity contribution is 5.94. The van der Waals surface area contributed by atoms with Gasteiger partial charge < -0.3 is 19.5 Å². The fourth-order valence-corrected chi connectivity index (χ4v) is 1.96. The van der Waals surface area contributed by atoms with Crippen LogP contribution in [0.25, 0.3) is 0 Å². The second-order valence-corrected chi connectivity index (χ2v) is 5.10. The fourth-order valence-electron chi connectivity index (χ4n) is 1.96. The number of ether oxygens (including phenoxy) is 3. The van der Waals surface area contributed by atoms with Crippen LogP contribution in [0.3, 0.4) is 0 Å². The van der Waals surface area contributed by atoms with Crippen LogP contribution >= 0.6 is 0 Å². The quantitative estimate of drug-likeness (QED) is 0.727. The molecule has 2 rings (SSSR count). The third-order valence-corrected chi connectivity index (χ3v) is 3.11. The Kier molecular flexibility index (Phi) is 6.90. The molecule has 0 radical (unpaired) electrons. The lowest BCUT2D eigenvalue weighted by molar-refractivity contribution is -0.153. The van der Waals surface area contributed by atoms with E-state index in [-0.39, 0.29) is 11.4 Å². The number of amides is 1. The lowest BCUT2D eigenvalue weighted by Crippen LogP contribution is -2.29. The monoisotopic (exact) mass is 365 g/mol. The summed E-state index contributed by atoms with van der Waals surface area (Å²) in [4.78, 5) is 23.7. The molecule has 1 N–H and O–H groups in total. The first-order valence-corrected chi connectivity index (χ1v) is 7.67. The number of rotatable bonds is 8. The Morgan fingerprint density at radius 3 is 2.35 bits per heavy atom. The molecule has 0 aromatic heterocycles. The van der Waals surface area contributed by atoms with Gasteiger partial charge in [0.2, 0.25) is 0 Å². The maximum atomic E-state index is 12.3. The zero-order chi connectivity index (χ0) is 18.9. The first kappa shape index (κ1) is 19.2. The number of anilines is 1. The molecule has 2 aromatic carbocycles. The number of alkyl halides is 2. The average molecular weight is 365 g/mol. The van der Waals surface area contributed by atoms with Crippen molar-refractivity contribution in [3.63, 3.8) is 0 Å². The van der Waals surface area contributed by atoms with E-state index >= 15 is 0 Å². The van der Waals surface area contributed by atoms with Crippen molar-refractivity contribution in [3.8, 4) is 11.5 Å². The van der Waals surface area contributed by atoms with Crippen molar-refractivity contribution < 1.29 is 32.6 Å². The van der Waals surface area contributed by atoms with Crippen molar-refractivity contribution >= 4 is 17.6 Å². The van der Waals surface area contributed by atoms with Crippen molar-refractivity contribution in [2.45, 2.75) is 19.6 Å². The number of benzene rings is 2. The predicted molar refractivity (Wildman–Crippen MR) is 89.2 cm³/mol. The number of carbonyl (C=O) groups excluding carboxylic acids is 2. The molecular formula is C18H17F2NO5. The number of esters is 1. The largest absolute Gasteiger partial charge is 0.479 e. The summed E-state index contributed by atoms with van der Waals surface area (Å²) in [6.45, 7) is -2.13. The molecule has 0 aliphatic heterocycles. The van der Waals surface area contributed by atoms with Gasteiger partial charge in [0.1, 0.15) is 11.5 Å². The molecule has 8 heteroatoms. The maximum Gasteiger partial charge on any atom is 0.387 e. The second-order valence-electron chi connectivity index (χ2n) is 5.10. The minimum Gasteiger partial charge on any atom is -0.479 e. The van der Waals surface area contributed by atoms with Gasteiger partial charge in [0.25, 0.3) is 5.91 Å². The highest BCUT2D eigenvalue weighted by atomic mass is 19.3. The smallest absolute Gasteiger partial charge is 0.387 e. The van der Waals surface area contributed by atoms with Gasteiger partial charge in [-0.05, 0) is 31.2 Å². The van der Waals surface area contributed by atoms with Gasteiger partial charge in [0, 0.05) is 0 Å². The number of para-hydroxylation sites is 3. The van der Waals surface area contributed by atoms with E-state index in [4.69, 9.17) is 9.47 Å². The van der Waals surface area contributed by atoms with E-state index in [1.54, 1.807) is 30.3 Å². The molecule has 2 aromatic rings. The van der Waals surface area contributed by atoms with E-state index in [0.717, 1.165) is 0 Å². The number of carbonyl (C=O) groups is 2.